The molecule has 8 heteroatoms. The van der Waals surface area contributed by atoms with Gasteiger partial charge in [0.2, 0.25) is 6.10 Å². The summed E-state index contributed by atoms with van der Waals surface area (Å²) >= 11 is 0. The molecule has 0 amide bonds. The van der Waals surface area contributed by atoms with E-state index in [1.807, 2.05) is 27.7 Å². The third-order valence-corrected chi connectivity index (χ3v) is 14.7. The molecule has 0 radical (unpaired) electrons. The second-order valence-corrected chi connectivity index (χ2v) is 19.8. The molecule has 316 valence electrons. The van der Waals surface area contributed by atoms with E-state index in [-0.39, 0.29) is 81.4 Å². The van der Waals surface area contributed by atoms with Crippen molar-refractivity contribution in [3.8, 4) is 0 Å². The molecule has 9 fully saturated rings. The van der Waals surface area contributed by atoms with E-state index in [0.717, 1.165) is 56.8 Å². The predicted octanol–water partition coefficient (Wildman–Crippen LogP) is 11.6. The predicted molar refractivity (Wildman–Crippen MR) is 219 cm³/mol. The van der Waals surface area contributed by atoms with Crippen LogP contribution in [0.3, 0.4) is 0 Å². The van der Waals surface area contributed by atoms with Crippen LogP contribution in [0.2, 0.25) is 0 Å². The van der Waals surface area contributed by atoms with Gasteiger partial charge in [0.25, 0.3) is 0 Å². The van der Waals surface area contributed by atoms with Crippen molar-refractivity contribution >= 4 is 23.9 Å². The summed E-state index contributed by atoms with van der Waals surface area (Å²) in [4.78, 5) is 55.3. The Kier molecular flexibility index (Phi) is 15.5. The van der Waals surface area contributed by atoms with Crippen molar-refractivity contribution in [1.29, 1.82) is 0 Å². The van der Waals surface area contributed by atoms with Crippen molar-refractivity contribution in [1.82, 2.24) is 0 Å². The van der Waals surface area contributed by atoms with Gasteiger partial charge < -0.3 is 18.9 Å². The summed E-state index contributed by atoms with van der Waals surface area (Å²) in [5.41, 5.74) is -4.03. The van der Waals surface area contributed by atoms with E-state index in [0.29, 0.717) is 36.5 Å². The fourth-order valence-corrected chi connectivity index (χ4v) is 13.0. The number of rotatable bonds is 11. The van der Waals surface area contributed by atoms with E-state index in [1.165, 1.54) is 25.7 Å². The topological polar surface area (TPSA) is 105 Å². The fourth-order valence-electron chi connectivity index (χ4n) is 13.0. The van der Waals surface area contributed by atoms with Gasteiger partial charge in [-0.1, -0.05) is 58.4 Å². The quantitative estimate of drug-likeness (QED) is 0.151. The van der Waals surface area contributed by atoms with Gasteiger partial charge >= 0.3 is 23.9 Å². The zero-order valence-corrected chi connectivity index (χ0v) is 30.6. The van der Waals surface area contributed by atoms with Crippen LogP contribution >= 0.6 is 0 Å². The monoisotopic (exact) mass is 765 g/mol. The van der Waals surface area contributed by atoms with E-state index in [1.54, 1.807) is 6.92 Å². The molecule has 0 aromatic carbocycles. The number of hydrogen-bond donors (Lipinski definition) is 0. The van der Waals surface area contributed by atoms with Crippen molar-refractivity contribution in [2.24, 2.45) is 57.2 Å². The summed E-state index contributed by atoms with van der Waals surface area (Å²) in [7, 11) is 0. The van der Waals surface area contributed by atoms with Crippen molar-refractivity contribution < 1.29 is 38.1 Å². The van der Waals surface area contributed by atoms with Gasteiger partial charge in [-0.3, -0.25) is 14.4 Å². The first-order valence-electron chi connectivity index (χ1n) is 19.2. The zero-order valence-electron chi connectivity index (χ0n) is 30.6. The van der Waals surface area contributed by atoms with Crippen LogP contribution in [0.15, 0.2) is 0 Å². The van der Waals surface area contributed by atoms with Crippen LogP contribution in [0, 0.1) is 57.2 Å². The van der Waals surface area contributed by atoms with Crippen LogP contribution in [-0.2, 0) is 38.1 Å². The van der Waals surface area contributed by atoms with Crippen molar-refractivity contribution in [3.63, 3.8) is 0 Å². The SMILES string of the molecule is C.C.C.C.C.C.CCC(C)(CC(C)(CC(C)(C)C(=O)OC12CC3CC(CC(C)(C3)C1)C2)C(=O)OC1CCOC1=O)C(=O)OC1(C)C2CC3CC(C2)CC1C3. The summed E-state index contributed by atoms with van der Waals surface area (Å²) in [5.74, 6) is 1.76. The van der Waals surface area contributed by atoms with Gasteiger partial charge in [-0.15, -0.1) is 0 Å². The van der Waals surface area contributed by atoms with Gasteiger partial charge in [0, 0.05) is 6.42 Å². The Morgan fingerprint density at radius 1 is 0.685 bits per heavy atom. The molecule has 8 nitrogen and oxygen atoms in total. The maximum absolute atomic E-state index is 14.4. The molecule has 0 N–H and O–H groups in total. The van der Waals surface area contributed by atoms with Crippen molar-refractivity contribution in [3.05, 3.63) is 0 Å². The highest BCUT2D eigenvalue weighted by Gasteiger charge is 2.61. The van der Waals surface area contributed by atoms with Gasteiger partial charge in [0.1, 0.15) is 11.2 Å². The van der Waals surface area contributed by atoms with Gasteiger partial charge in [-0.2, -0.15) is 0 Å². The average molecular weight is 765 g/mol. The van der Waals surface area contributed by atoms with Gasteiger partial charge in [0.05, 0.1) is 22.9 Å². The second kappa shape index (κ2) is 16.8. The fraction of sp³-hybridized carbons (Fsp3) is 0.913. The Morgan fingerprint density at radius 2 is 1.20 bits per heavy atom. The smallest absolute Gasteiger partial charge is 0.347 e. The van der Waals surface area contributed by atoms with Crippen LogP contribution in [0.5, 0.6) is 0 Å². The third kappa shape index (κ3) is 8.72. The molecule has 8 saturated carbocycles. The summed E-state index contributed by atoms with van der Waals surface area (Å²) in [6.07, 6.45) is 12.3. The lowest BCUT2D eigenvalue weighted by atomic mass is 9.48. The van der Waals surface area contributed by atoms with Crippen LogP contribution in [-0.4, -0.2) is 47.8 Å². The second-order valence-electron chi connectivity index (χ2n) is 19.8. The number of carbonyl (C=O) groups excluding carboxylic acids is 4. The highest BCUT2D eigenvalue weighted by molar-refractivity contribution is 5.85. The Morgan fingerprint density at radius 3 is 1.67 bits per heavy atom. The molecule has 5 atom stereocenters. The Labute approximate surface area is 331 Å². The molecule has 1 heterocycles. The number of cyclic esters (lactones) is 1. The molecule has 0 spiro atoms. The van der Waals surface area contributed by atoms with Crippen molar-refractivity contribution in [2.45, 2.75) is 207 Å². The molecular formula is C46H84O8. The average Bonchev–Trinajstić information content (AvgIpc) is 3.37. The standard InChI is InChI=1S/C40H60O8.6CH4/c1-8-37(5,34(44)47-39(7)28-13-24-11-25(15-28)16-29(39)14-24)23-38(6,33(43)46-30-9-10-45-31(30)41)21-35(2,3)32(42)48-40-19-26-12-27(20-40)18-36(4,17-26)22-40;;;;;;/h24-30H,8-23H2,1-7H3;6*1H4. The lowest BCUT2D eigenvalue weighted by molar-refractivity contribution is -0.214. The molecule has 54 heavy (non-hydrogen) atoms. The van der Waals surface area contributed by atoms with Crippen LogP contribution in [0.1, 0.15) is 189 Å². The number of carbonyl (C=O) groups is 4. The van der Waals surface area contributed by atoms with Crippen LogP contribution < -0.4 is 0 Å². The number of esters is 4. The largest absolute Gasteiger partial charge is 0.463 e. The summed E-state index contributed by atoms with van der Waals surface area (Å²) in [5, 5.41) is 0. The van der Waals surface area contributed by atoms with Crippen LogP contribution in [0.4, 0.5) is 0 Å². The highest BCUT2D eigenvalue weighted by Crippen LogP contribution is 2.63. The minimum absolute atomic E-state index is 0. The van der Waals surface area contributed by atoms with E-state index in [9.17, 15) is 19.2 Å². The Bertz CT molecular complexity index is 1310. The molecule has 9 rings (SSSR count). The van der Waals surface area contributed by atoms with Crippen LogP contribution in [0.25, 0.3) is 0 Å². The van der Waals surface area contributed by atoms with Crippen molar-refractivity contribution in [2.75, 3.05) is 6.61 Å². The van der Waals surface area contributed by atoms with E-state index < -0.39 is 45.5 Å². The maximum Gasteiger partial charge on any atom is 0.347 e. The number of hydrogen-bond acceptors (Lipinski definition) is 8. The summed E-state index contributed by atoms with van der Waals surface area (Å²) in [6.45, 7) is 14.1. The van der Waals surface area contributed by atoms with Gasteiger partial charge in [-0.25, -0.2) is 4.79 Å². The zero-order chi connectivity index (χ0) is 34.5. The molecule has 8 bridgehead atoms. The minimum Gasteiger partial charge on any atom is -0.463 e. The Balaban J connectivity index is 0.00000243. The van der Waals surface area contributed by atoms with Gasteiger partial charge in [-0.05, 0) is 165 Å². The Hall–Kier alpha value is -2.12. The summed E-state index contributed by atoms with van der Waals surface area (Å²) in [6, 6.07) is 0. The molecule has 1 saturated heterocycles. The minimum atomic E-state index is -1.27. The summed E-state index contributed by atoms with van der Waals surface area (Å²) < 4.78 is 24.2. The first-order chi connectivity index (χ1) is 22.4. The normalized spacial score (nSPS) is 38.5. The van der Waals surface area contributed by atoms with E-state index in [2.05, 4.69) is 13.8 Å². The molecule has 8 aliphatic carbocycles. The molecule has 0 aromatic rings. The lowest BCUT2D eigenvalue weighted by Gasteiger charge is -2.60. The van der Waals surface area contributed by atoms with E-state index >= 15 is 0 Å². The molecule has 1 aliphatic heterocycles. The molecule has 5 unspecified atom stereocenters. The third-order valence-electron chi connectivity index (χ3n) is 14.7. The number of ether oxygens (including phenoxy) is 4. The first-order valence-corrected chi connectivity index (χ1v) is 19.2. The van der Waals surface area contributed by atoms with E-state index in [4.69, 9.17) is 18.9 Å². The van der Waals surface area contributed by atoms with Gasteiger partial charge in [0.15, 0.2) is 0 Å². The molecule has 0 aromatic heterocycles. The lowest BCUT2D eigenvalue weighted by Crippen LogP contribution is -2.59. The highest BCUT2D eigenvalue weighted by atomic mass is 16.6. The molecule has 9 aliphatic rings. The molecular weight excluding hydrogens is 680 g/mol. The maximum atomic E-state index is 14.4. The first kappa shape index (κ1) is 49.9.